The minimum absolute atomic E-state index is 0.672. The summed E-state index contributed by atoms with van der Waals surface area (Å²) in [6.07, 6.45) is 4.80. The molecule has 0 saturated carbocycles. The van der Waals surface area contributed by atoms with Gasteiger partial charge in [-0.3, -0.25) is 0 Å². The number of quaternary nitrogens is 1. The summed E-state index contributed by atoms with van der Waals surface area (Å²) in [6, 6.07) is 6.91. The molecule has 4 atom stereocenters. The van der Waals surface area contributed by atoms with Crippen LogP contribution in [0.15, 0.2) is 35.3 Å². The van der Waals surface area contributed by atoms with Crippen molar-refractivity contribution in [1.82, 2.24) is 5.32 Å². The fraction of sp³-hybridized carbons (Fsp3) is 0.500. The van der Waals surface area contributed by atoms with E-state index < -0.39 is 0 Å². The van der Waals surface area contributed by atoms with E-state index in [1.54, 1.807) is 4.90 Å². The smallest absolute Gasteiger partial charge is 0.171 e. The highest BCUT2D eigenvalue weighted by atomic mass is 79.9. The molecule has 4 rings (SSSR count). The van der Waals surface area contributed by atoms with Crippen molar-refractivity contribution in [2.75, 3.05) is 25.0 Å². The number of anilines is 1. The van der Waals surface area contributed by atoms with Crippen LogP contribution in [-0.4, -0.2) is 30.8 Å². The average Bonchev–Trinajstić information content (AvgIpc) is 2.56. The van der Waals surface area contributed by atoms with Gasteiger partial charge < -0.3 is 15.5 Å². The van der Waals surface area contributed by atoms with Crippen LogP contribution in [0.3, 0.4) is 0 Å². The maximum absolute atomic E-state index is 5.46. The third kappa shape index (κ3) is 3.95. The monoisotopic (exact) mass is 394 g/mol. The molecule has 0 aromatic heterocycles. The summed E-state index contributed by atoms with van der Waals surface area (Å²) in [4.78, 5) is 1.71. The molecule has 0 amide bonds. The molecule has 124 valence electrons. The Morgan fingerprint density at radius 1 is 1.52 bits per heavy atom. The van der Waals surface area contributed by atoms with Gasteiger partial charge in [-0.1, -0.05) is 12.1 Å². The second-order valence-corrected chi connectivity index (χ2v) is 8.07. The molecule has 1 aromatic rings. The third-order valence-electron chi connectivity index (χ3n) is 5.29. The molecule has 3 heterocycles. The van der Waals surface area contributed by atoms with E-state index in [-0.39, 0.29) is 0 Å². The number of thiocarbonyl (C=S) groups is 1. The van der Waals surface area contributed by atoms with Gasteiger partial charge in [0, 0.05) is 23.2 Å². The predicted molar refractivity (Wildman–Crippen MR) is 104 cm³/mol. The fourth-order valence-electron chi connectivity index (χ4n) is 3.96. The average molecular weight is 395 g/mol. The molecule has 3 saturated heterocycles. The van der Waals surface area contributed by atoms with Gasteiger partial charge in [-0.15, -0.1) is 6.58 Å². The highest BCUT2D eigenvalue weighted by molar-refractivity contribution is 9.10. The van der Waals surface area contributed by atoms with E-state index in [2.05, 4.69) is 64.3 Å². The van der Waals surface area contributed by atoms with Crippen molar-refractivity contribution in [3.8, 4) is 0 Å². The first-order chi connectivity index (χ1) is 11.1. The Morgan fingerprint density at radius 3 is 3.00 bits per heavy atom. The van der Waals surface area contributed by atoms with Gasteiger partial charge in [0.25, 0.3) is 0 Å². The Kier molecular flexibility index (Phi) is 5.39. The summed E-state index contributed by atoms with van der Waals surface area (Å²) in [7, 11) is 0. The molecule has 23 heavy (non-hydrogen) atoms. The maximum Gasteiger partial charge on any atom is 0.171 e. The molecule has 0 radical (unpaired) electrons. The number of nitrogens with one attached hydrogen (secondary N) is 3. The van der Waals surface area contributed by atoms with E-state index in [4.69, 9.17) is 12.2 Å². The van der Waals surface area contributed by atoms with E-state index in [1.807, 2.05) is 0 Å². The van der Waals surface area contributed by atoms with Crippen LogP contribution in [0, 0.1) is 18.8 Å². The van der Waals surface area contributed by atoms with Crippen molar-refractivity contribution in [3.05, 3.63) is 40.9 Å². The third-order valence-corrected chi connectivity index (χ3v) is 6.19. The number of piperidine rings is 3. The van der Waals surface area contributed by atoms with Crippen LogP contribution in [0.4, 0.5) is 5.69 Å². The summed E-state index contributed by atoms with van der Waals surface area (Å²) in [6.45, 7) is 9.57. The van der Waals surface area contributed by atoms with Crippen molar-refractivity contribution < 1.29 is 4.90 Å². The lowest BCUT2D eigenvalue weighted by molar-refractivity contribution is -0.944. The van der Waals surface area contributed by atoms with Crippen LogP contribution in [0.25, 0.3) is 0 Å². The van der Waals surface area contributed by atoms with Gasteiger partial charge in [0.05, 0.1) is 25.3 Å². The maximum atomic E-state index is 5.46. The van der Waals surface area contributed by atoms with E-state index in [0.29, 0.717) is 17.1 Å². The molecule has 3 aliphatic heterocycles. The van der Waals surface area contributed by atoms with E-state index >= 15 is 0 Å². The molecule has 3 aliphatic rings. The first kappa shape index (κ1) is 16.9. The molecule has 3 fully saturated rings. The Morgan fingerprint density at radius 2 is 2.35 bits per heavy atom. The number of halogens is 1. The molecule has 1 aromatic carbocycles. The summed E-state index contributed by atoms with van der Waals surface area (Å²) in [5.74, 6) is 1.54. The van der Waals surface area contributed by atoms with Gasteiger partial charge in [0.2, 0.25) is 0 Å². The van der Waals surface area contributed by atoms with Crippen LogP contribution in [0.1, 0.15) is 18.4 Å². The molecule has 3 N–H and O–H groups in total. The van der Waals surface area contributed by atoms with Gasteiger partial charge in [-0.05, 0) is 58.7 Å². The number of aryl methyl sites for hydroxylation is 1. The highest BCUT2D eigenvalue weighted by Gasteiger charge is 2.42. The van der Waals surface area contributed by atoms with Crippen LogP contribution in [-0.2, 0) is 0 Å². The van der Waals surface area contributed by atoms with Crippen LogP contribution in [0.2, 0.25) is 0 Å². The lowest BCUT2D eigenvalue weighted by Gasteiger charge is -2.46. The minimum atomic E-state index is 0.672. The summed E-state index contributed by atoms with van der Waals surface area (Å²) >= 11 is 9.04. The summed E-state index contributed by atoms with van der Waals surface area (Å²) in [5.41, 5.74) is 2.24. The highest BCUT2D eigenvalue weighted by Crippen LogP contribution is 2.27. The Labute approximate surface area is 152 Å². The van der Waals surface area contributed by atoms with Gasteiger partial charge in [0.15, 0.2) is 5.11 Å². The molecule has 3 nitrogen and oxygen atoms in total. The largest absolute Gasteiger partial charge is 0.356 e. The zero-order valence-corrected chi connectivity index (χ0v) is 16.0. The molecule has 2 bridgehead atoms. The molecule has 1 unspecified atom stereocenters. The van der Waals surface area contributed by atoms with Gasteiger partial charge in [-0.25, -0.2) is 0 Å². The Bertz CT molecular complexity index is 604. The lowest BCUT2D eigenvalue weighted by Crippen LogP contribution is -3.20. The molecular formula is C18H25BrN3S+. The van der Waals surface area contributed by atoms with Gasteiger partial charge in [0.1, 0.15) is 6.04 Å². The number of benzene rings is 1. The number of hydrogen-bond acceptors (Lipinski definition) is 1. The van der Waals surface area contributed by atoms with Crippen LogP contribution in [0.5, 0.6) is 0 Å². The van der Waals surface area contributed by atoms with E-state index in [9.17, 15) is 0 Å². The summed E-state index contributed by atoms with van der Waals surface area (Å²) < 4.78 is 1.04. The first-order valence-corrected chi connectivity index (χ1v) is 9.55. The fourth-order valence-corrected chi connectivity index (χ4v) is 4.74. The molecular weight excluding hydrogens is 370 g/mol. The van der Waals surface area contributed by atoms with Crippen LogP contribution >= 0.6 is 28.1 Å². The molecule has 5 heteroatoms. The minimum Gasteiger partial charge on any atom is -0.356 e. The van der Waals surface area contributed by atoms with Crippen molar-refractivity contribution in [2.45, 2.75) is 25.8 Å². The Hall–Kier alpha value is -0.910. The van der Waals surface area contributed by atoms with Crippen molar-refractivity contribution in [2.24, 2.45) is 11.8 Å². The zero-order valence-electron chi connectivity index (χ0n) is 13.6. The molecule has 0 aliphatic carbocycles. The normalized spacial score (nSPS) is 29.1. The summed E-state index contributed by atoms with van der Waals surface area (Å²) in [5, 5.41) is 7.41. The van der Waals surface area contributed by atoms with Crippen molar-refractivity contribution in [1.29, 1.82) is 0 Å². The number of hydrogen-bond donors (Lipinski definition) is 3. The second-order valence-electron chi connectivity index (χ2n) is 6.81. The first-order valence-electron chi connectivity index (χ1n) is 8.35. The van der Waals surface area contributed by atoms with E-state index in [1.165, 1.54) is 31.5 Å². The van der Waals surface area contributed by atoms with Crippen molar-refractivity contribution in [3.63, 3.8) is 0 Å². The predicted octanol–water partition coefficient (Wildman–Crippen LogP) is 2.52. The van der Waals surface area contributed by atoms with Crippen molar-refractivity contribution >= 4 is 38.9 Å². The van der Waals surface area contributed by atoms with E-state index in [0.717, 1.165) is 22.6 Å². The topological polar surface area (TPSA) is 28.5 Å². The SMILES string of the molecule is C=C[C@H]1C[NH+]2CC[C@H]1C[C@@H]2CNC(=S)Nc1ccc(C)cc1Br. The molecule has 0 spiro atoms. The number of rotatable bonds is 4. The zero-order chi connectivity index (χ0) is 16.4. The lowest BCUT2D eigenvalue weighted by atomic mass is 9.76. The van der Waals surface area contributed by atoms with Gasteiger partial charge >= 0.3 is 0 Å². The number of fused-ring (bicyclic) bond motifs is 3. The second kappa shape index (κ2) is 7.32. The van der Waals surface area contributed by atoms with Crippen LogP contribution < -0.4 is 15.5 Å². The standard InChI is InChI=1S/C18H24BrN3S/c1-3-13-11-22-7-6-14(13)9-15(22)10-20-18(23)21-17-5-4-12(2)8-16(17)19/h3-5,8,13-15H,1,6-7,9-11H2,2H3,(H2,20,21,23)/p+1/t13-,14-,15+/m0/s1. The van der Waals surface area contributed by atoms with Gasteiger partial charge in [-0.2, -0.15) is 0 Å². The quantitative estimate of drug-likeness (QED) is 0.541. The Balaban J connectivity index is 1.51.